The molecule has 0 radical (unpaired) electrons. The lowest BCUT2D eigenvalue weighted by Gasteiger charge is -2.38. The summed E-state index contributed by atoms with van der Waals surface area (Å²) in [5, 5.41) is 9.66. The van der Waals surface area contributed by atoms with Crippen LogP contribution >= 0.6 is 0 Å². The van der Waals surface area contributed by atoms with Gasteiger partial charge in [-0.1, -0.05) is 0 Å². The molecular formula is C17H15F3N6O6S. The summed E-state index contributed by atoms with van der Waals surface area (Å²) in [6, 6.07) is 1.95. The molecule has 0 amide bonds. The number of halogens is 3. The van der Waals surface area contributed by atoms with E-state index in [0.29, 0.717) is 0 Å². The number of ether oxygens (including phenoxy) is 1. The van der Waals surface area contributed by atoms with Crippen molar-refractivity contribution in [2.24, 2.45) is 0 Å². The highest BCUT2D eigenvalue weighted by Gasteiger charge is 2.41. The number of aromatic amines is 2. The minimum atomic E-state index is -4.94. The molecule has 0 bridgehead atoms. The van der Waals surface area contributed by atoms with E-state index in [4.69, 9.17) is 0 Å². The number of anilines is 1. The van der Waals surface area contributed by atoms with E-state index in [1.54, 1.807) is 0 Å². The van der Waals surface area contributed by atoms with Crippen LogP contribution in [0, 0.1) is 0 Å². The molecule has 1 saturated heterocycles. The van der Waals surface area contributed by atoms with Crippen LogP contribution in [0.5, 0.6) is 5.75 Å². The molecule has 1 unspecified atom stereocenters. The lowest BCUT2D eigenvalue weighted by Crippen LogP contribution is -2.58. The Labute approximate surface area is 182 Å². The molecular weight excluding hydrogens is 473 g/mol. The Balaban J connectivity index is 1.57. The highest BCUT2D eigenvalue weighted by atomic mass is 32.2. The highest BCUT2D eigenvalue weighted by Crippen LogP contribution is 2.27. The average Bonchev–Trinajstić information content (AvgIpc) is 3.11. The SMILES string of the molecule is O=C(O)C1CN(c2cnc3[nH]c(=O)[nH]c3n2)CCN1S(=O)(=O)c1ccc(OC(F)(F)F)cc1. The number of nitrogens with zero attached hydrogens (tertiary/aromatic N) is 4. The van der Waals surface area contributed by atoms with Gasteiger partial charge in [0.2, 0.25) is 10.0 Å². The van der Waals surface area contributed by atoms with Crippen LogP contribution in [0.25, 0.3) is 11.3 Å². The van der Waals surface area contributed by atoms with Crippen molar-refractivity contribution in [3.05, 3.63) is 40.9 Å². The molecule has 0 saturated carbocycles. The van der Waals surface area contributed by atoms with E-state index >= 15 is 0 Å². The summed E-state index contributed by atoms with van der Waals surface area (Å²) in [7, 11) is -4.35. The van der Waals surface area contributed by atoms with Crippen molar-refractivity contribution in [1.29, 1.82) is 0 Å². The molecule has 3 heterocycles. The van der Waals surface area contributed by atoms with E-state index in [2.05, 4.69) is 24.7 Å². The topological polar surface area (TPSA) is 162 Å². The van der Waals surface area contributed by atoms with Crippen LogP contribution < -0.4 is 15.3 Å². The van der Waals surface area contributed by atoms with Crippen LogP contribution in [-0.2, 0) is 14.8 Å². The van der Waals surface area contributed by atoms with Gasteiger partial charge in [0.25, 0.3) is 0 Å². The van der Waals surface area contributed by atoms with Gasteiger partial charge in [-0.3, -0.25) is 14.8 Å². The molecule has 33 heavy (non-hydrogen) atoms. The Morgan fingerprint density at radius 2 is 1.82 bits per heavy atom. The molecule has 3 aromatic rings. The van der Waals surface area contributed by atoms with Crippen molar-refractivity contribution < 1.29 is 36.2 Å². The molecule has 3 N–H and O–H groups in total. The zero-order chi connectivity index (χ0) is 24.0. The van der Waals surface area contributed by atoms with Gasteiger partial charge in [-0.25, -0.2) is 23.2 Å². The number of H-pyrrole nitrogens is 2. The second kappa shape index (κ2) is 8.04. The zero-order valence-corrected chi connectivity index (χ0v) is 17.2. The first-order chi connectivity index (χ1) is 15.4. The van der Waals surface area contributed by atoms with E-state index < -0.39 is 39.8 Å². The molecule has 0 spiro atoms. The first-order valence-corrected chi connectivity index (χ1v) is 10.7. The fourth-order valence-corrected chi connectivity index (χ4v) is 4.93. The van der Waals surface area contributed by atoms with Crippen LogP contribution in [0.1, 0.15) is 0 Å². The number of carboxylic acids is 1. The number of aromatic nitrogens is 4. The lowest BCUT2D eigenvalue weighted by molar-refractivity contribution is -0.274. The van der Waals surface area contributed by atoms with E-state index in [-0.39, 0.29) is 41.6 Å². The molecule has 1 aliphatic rings. The molecule has 16 heteroatoms. The molecule has 1 fully saturated rings. The van der Waals surface area contributed by atoms with E-state index in [0.717, 1.165) is 28.6 Å². The fourth-order valence-electron chi connectivity index (χ4n) is 3.37. The summed E-state index contributed by atoms with van der Waals surface area (Å²) in [4.78, 5) is 37.5. The number of aliphatic carboxylic acids is 1. The van der Waals surface area contributed by atoms with Gasteiger partial charge < -0.3 is 14.7 Å². The summed E-state index contributed by atoms with van der Waals surface area (Å²) in [5.74, 6) is -1.81. The lowest BCUT2D eigenvalue weighted by atomic mass is 10.2. The average molecular weight is 488 g/mol. The summed E-state index contributed by atoms with van der Waals surface area (Å²) in [5.41, 5.74) is -0.161. The minimum absolute atomic E-state index is 0.0487. The quantitative estimate of drug-likeness (QED) is 0.465. The number of hydrogen-bond acceptors (Lipinski definition) is 8. The van der Waals surface area contributed by atoms with Crippen molar-refractivity contribution in [2.45, 2.75) is 17.3 Å². The van der Waals surface area contributed by atoms with Gasteiger partial charge in [0.15, 0.2) is 11.3 Å². The Kier molecular flexibility index (Phi) is 5.49. The number of piperazine rings is 1. The molecule has 2 aromatic heterocycles. The number of fused-ring (bicyclic) bond motifs is 1. The summed E-state index contributed by atoms with van der Waals surface area (Å²) in [6.07, 6.45) is -3.63. The maximum Gasteiger partial charge on any atom is 0.573 e. The van der Waals surface area contributed by atoms with Crippen molar-refractivity contribution in [3.63, 3.8) is 0 Å². The van der Waals surface area contributed by atoms with Gasteiger partial charge in [0, 0.05) is 19.6 Å². The molecule has 1 aromatic carbocycles. The second-order valence-electron chi connectivity index (χ2n) is 6.94. The Bertz CT molecular complexity index is 1350. The zero-order valence-electron chi connectivity index (χ0n) is 16.4. The van der Waals surface area contributed by atoms with Gasteiger partial charge in [0.1, 0.15) is 17.6 Å². The maximum atomic E-state index is 13.0. The number of alkyl halides is 3. The van der Waals surface area contributed by atoms with E-state index in [1.165, 1.54) is 11.1 Å². The highest BCUT2D eigenvalue weighted by molar-refractivity contribution is 7.89. The van der Waals surface area contributed by atoms with Crippen LogP contribution in [0.2, 0.25) is 0 Å². The maximum absolute atomic E-state index is 13.0. The van der Waals surface area contributed by atoms with Gasteiger partial charge in [-0.15, -0.1) is 13.2 Å². The number of hydrogen-bond donors (Lipinski definition) is 3. The first-order valence-electron chi connectivity index (χ1n) is 9.24. The van der Waals surface area contributed by atoms with E-state index in [9.17, 15) is 36.3 Å². The number of carbonyl (C=O) groups is 1. The number of carboxylic acid groups (broad SMARTS) is 1. The number of rotatable bonds is 5. The number of sulfonamides is 1. The molecule has 0 aliphatic carbocycles. The third-order valence-electron chi connectivity index (χ3n) is 4.83. The molecule has 1 atom stereocenters. The third kappa shape index (κ3) is 4.61. The Morgan fingerprint density at radius 1 is 1.15 bits per heavy atom. The van der Waals surface area contributed by atoms with Crippen LogP contribution in [-0.4, -0.2) is 75.8 Å². The second-order valence-corrected chi connectivity index (χ2v) is 8.83. The summed E-state index contributed by atoms with van der Waals surface area (Å²) < 4.78 is 67.5. The van der Waals surface area contributed by atoms with E-state index in [1.807, 2.05) is 0 Å². The summed E-state index contributed by atoms with van der Waals surface area (Å²) in [6.45, 7) is -0.477. The molecule has 12 nitrogen and oxygen atoms in total. The van der Waals surface area contributed by atoms with Gasteiger partial charge in [-0.05, 0) is 24.3 Å². The van der Waals surface area contributed by atoms with Crippen molar-refractivity contribution in [2.75, 3.05) is 24.5 Å². The van der Waals surface area contributed by atoms with Gasteiger partial charge >= 0.3 is 18.0 Å². The van der Waals surface area contributed by atoms with Crippen LogP contribution in [0.4, 0.5) is 19.0 Å². The first kappa shape index (κ1) is 22.5. The normalized spacial score (nSPS) is 17.9. The number of nitrogens with one attached hydrogen (secondary N) is 2. The van der Waals surface area contributed by atoms with Crippen molar-refractivity contribution >= 4 is 33.1 Å². The van der Waals surface area contributed by atoms with Crippen molar-refractivity contribution in [1.82, 2.24) is 24.2 Å². The van der Waals surface area contributed by atoms with Gasteiger partial charge in [-0.2, -0.15) is 4.31 Å². The predicted octanol–water partition coefficient (Wildman–Crippen LogP) is 0.509. The van der Waals surface area contributed by atoms with Crippen molar-refractivity contribution in [3.8, 4) is 5.75 Å². The Hall–Kier alpha value is -3.66. The summed E-state index contributed by atoms with van der Waals surface area (Å²) >= 11 is 0. The van der Waals surface area contributed by atoms with Crippen LogP contribution in [0.3, 0.4) is 0 Å². The Morgan fingerprint density at radius 3 is 2.45 bits per heavy atom. The number of benzene rings is 1. The fraction of sp³-hybridized carbons (Fsp3) is 0.294. The van der Waals surface area contributed by atoms with Crippen LogP contribution in [0.15, 0.2) is 40.2 Å². The number of imidazole rings is 1. The smallest absolute Gasteiger partial charge is 0.480 e. The monoisotopic (exact) mass is 488 g/mol. The molecule has 4 rings (SSSR count). The minimum Gasteiger partial charge on any atom is -0.480 e. The standard InChI is InChI=1S/C17H15F3N6O6S/c18-17(19,20)32-9-1-3-10(4-2-9)33(30,31)26-6-5-25(8-11(26)15(27)28)12-7-21-13-14(22-12)24-16(29)23-13/h1-4,7,11H,5-6,8H2,(H,27,28)(H2,21,22,23,24,29). The predicted molar refractivity (Wildman–Crippen MR) is 105 cm³/mol. The van der Waals surface area contributed by atoms with Gasteiger partial charge in [0.05, 0.1) is 11.1 Å². The molecule has 176 valence electrons. The third-order valence-corrected chi connectivity index (χ3v) is 6.75. The molecule has 1 aliphatic heterocycles. The largest absolute Gasteiger partial charge is 0.573 e.